The van der Waals surface area contributed by atoms with Crippen LogP contribution in [0.4, 0.5) is 0 Å². The van der Waals surface area contributed by atoms with E-state index in [4.69, 9.17) is 12.2 Å². The first-order valence-corrected chi connectivity index (χ1v) is 7.39. The van der Waals surface area contributed by atoms with Crippen LogP contribution < -0.4 is 5.32 Å². The largest absolute Gasteiger partial charge is 0.360 e. The van der Waals surface area contributed by atoms with Crippen molar-refractivity contribution in [1.29, 1.82) is 0 Å². The van der Waals surface area contributed by atoms with Crippen LogP contribution in [0.3, 0.4) is 0 Å². The Hall–Kier alpha value is -1.20. The minimum atomic E-state index is 0.654. The number of nitrogens with zero attached hydrogens (tertiary/aromatic N) is 3. The van der Waals surface area contributed by atoms with Crippen molar-refractivity contribution in [2.45, 2.75) is 25.4 Å². The Balaban J connectivity index is 1.45. The SMILES string of the molecule is S=C(NC1CC1)N1CCN(Cc2cccnc2)CC1. The summed E-state index contributed by atoms with van der Waals surface area (Å²) in [7, 11) is 0. The second-order valence-electron chi connectivity index (χ2n) is 5.35. The van der Waals surface area contributed by atoms with Crippen molar-refractivity contribution in [1.82, 2.24) is 20.1 Å². The lowest BCUT2D eigenvalue weighted by Gasteiger charge is -2.36. The van der Waals surface area contributed by atoms with Gasteiger partial charge in [0.15, 0.2) is 5.11 Å². The average Bonchev–Trinajstić information content (AvgIpc) is 3.25. The number of piperazine rings is 1. The Kier molecular flexibility index (Phi) is 3.94. The van der Waals surface area contributed by atoms with E-state index in [1.54, 1.807) is 0 Å². The van der Waals surface area contributed by atoms with Crippen LogP contribution in [-0.2, 0) is 6.54 Å². The number of pyridine rings is 1. The highest BCUT2D eigenvalue weighted by Gasteiger charge is 2.25. The predicted octanol–water partition coefficient (Wildman–Crippen LogP) is 1.24. The lowest BCUT2D eigenvalue weighted by molar-refractivity contribution is 0.174. The average molecular weight is 276 g/mol. The van der Waals surface area contributed by atoms with Gasteiger partial charge in [-0.1, -0.05) is 6.07 Å². The van der Waals surface area contributed by atoms with Crippen molar-refractivity contribution in [3.05, 3.63) is 30.1 Å². The van der Waals surface area contributed by atoms with Gasteiger partial charge in [0.1, 0.15) is 0 Å². The molecule has 0 atom stereocenters. The molecule has 0 bridgehead atoms. The minimum Gasteiger partial charge on any atom is -0.360 e. The molecule has 102 valence electrons. The molecule has 0 aromatic carbocycles. The van der Waals surface area contributed by atoms with Gasteiger partial charge in [-0.05, 0) is 36.7 Å². The summed E-state index contributed by atoms with van der Waals surface area (Å²) in [6.07, 6.45) is 6.33. The van der Waals surface area contributed by atoms with Gasteiger partial charge in [-0.15, -0.1) is 0 Å². The fraction of sp³-hybridized carbons (Fsp3) is 0.571. The van der Waals surface area contributed by atoms with Crippen LogP contribution >= 0.6 is 12.2 Å². The molecule has 0 unspecified atom stereocenters. The second kappa shape index (κ2) is 5.84. The summed E-state index contributed by atoms with van der Waals surface area (Å²) < 4.78 is 0. The fourth-order valence-corrected chi connectivity index (χ4v) is 2.70. The first kappa shape index (κ1) is 12.8. The third-order valence-corrected chi connectivity index (χ3v) is 4.07. The Labute approximate surface area is 119 Å². The summed E-state index contributed by atoms with van der Waals surface area (Å²) in [5, 5.41) is 4.36. The minimum absolute atomic E-state index is 0.654. The summed E-state index contributed by atoms with van der Waals surface area (Å²) in [5.74, 6) is 0. The molecule has 19 heavy (non-hydrogen) atoms. The topological polar surface area (TPSA) is 31.4 Å². The van der Waals surface area contributed by atoms with E-state index in [-0.39, 0.29) is 0 Å². The molecule has 2 aliphatic rings. The fourth-order valence-electron chi connectivity index (χ4n) is 2.35. The predicted molar refractivity (Wildman–Crippen MR) is 79.8 cm³/mol. The van der Waals surface area contributed by atoms with Crippen molar-refractivity contribution < 1.29 is 0 Å². The molecule has 1 saturated carbocycles. The number of thiocarbonyl (C=S) groups is 1. The van der Waals surface area contributed by atoms with E-state index in [1.807, 2.05) is 18.5 Å². The highest BCUT2D eigenvalue weighted by atomic mass is 32.1. The van der Waals surface area contributed by atoms with E-state index in [0.29, 0.717) is 6.04 Å². The van der Waals surface area contributed by atoms with E-state index in [1.165, 1.54) is 18.4 Å². The zero-order chi connectivity index (χ0) is 13.1. The van der Waals surface area contributed by atoms with E-state index in [0.717, 1.165) is 37.8 Å². The van der Waals surface area contributed by atoms with Crippen LogP contribution in [-0.4, -0.2) is 52.1 Å². The van der Waals surface area contributed by atoms with Gasteiger partial charge in [0.25, 0.3) is 0 Å². The first-order chi connectivity index (χ1) is 9.31. The van der Waals surface area contributed by atoms with Crippen LogP contribution in [0.1, 0.15) is 18.4 Å². The van der Waals surface area contributed by atoms with Gasteiger partial charge >= 0.3 is 0 Å². The number of hydrogen-bond acceptors (Lipinski definition) is 3. The van der Waals surface area contributed by atoms with Crippen molar-refractivity contribution in [2.75, 3.05) is 26.2 Å². The maximum Gasteiger partial charge on any atom is 0.169 e. The molecule has 2 fully saturated rings. The summed E-state index contributed by atoms with van der Waals surface area (Å²) in [5.41, 5.74) is 1.29. The van der Waals surface area contributed by atoms with Gasteiger partial charge in [-0.3, -0.25) is 9.88 Å². The quantitative estimate of drug-likeness (QED) is 0.840. The molecular formula is C14H20N4S. The number of aromatic nitrogens is 1. The maximum absolute atomic E-state index is 5.44. The van der Waals surface area contributed by atoms with Crippen LogP contribution in [0.15, 0.2) is 24.5 Å². The summed E-state index contributed by atoms with van der Waals surface area (Å²) in [6, 6.07) is 4.79. The zero-order valence-corrected chi connectivity index (χ0v) is 11.9. The Morgan fingerprint density at radius 3 is 2.74 bits per heavy atom. The molecule has 5 heteroatoms. The monoisotopic (exact) mass is 276 g/mol. The normalized spacial score (nSPS) is 20.3. The summed E-state index contributed by atoms with van der Waals surface area (Å²) in [6.45, 7) is 5.19. The molecule has 1 saturated heterocycles. The first-order valence-electron chi connectivity index (χ1n) is 6.98. The molecule has 1 aromatic rings. The molecule has 1 aliphatic heterocycles. The zero-order valence-electron chi connectivity index (χ0n) is 11.1. The number of hydrogen-bond donors (Lipinski definition) is 1. The van der Waals surface area contributed by atoms with Gasteiger partial charge in [0, 0.05) is 51.2 Å². The molecule has 3 rings (SSSR count). The van der Waals surface area contributed by atoms with Crippen LogP contribution in [0.5, 0.6) is 0 Å². The van der Waals surface area contributed by atoms with Gasteiger partial charge in [-0.25, -0.2) is 0 Å². The van der Waals surface area contributed by atoms with Crippen LogP contribution in [0.2, 0.25) is 0 Å². The lowest BCUT2D eigenvalue weighted by Crippen LogP contribution is -2.51. The van der Waals surface area contributed by atoms with E-state index >= 15 is 0 Å². The molecule has 2 heterocycles. The lowest BCUT2D eigenvalue weighted by atomic mass is 10.2. The van der Waals surface area contributed by atoms with E-state index in [9.17, 15) is 0 Å². The third kappa shape index (κ3) is 3.64. The summed E-state index contributed by atoms with van der Waals surface area (Å²) in [4.78, 5) is 8.93. The Bertz CT molecular complexity index is 424. The van der Waals surface area contributed by atoms with E-state index < -0.39 is 0 Å². The number of rotatable bonds is 3. The van der Waals surface area contributed by atoms with Crippen molar-refractivity contribution >= 4 is 17.3 Å². The Morgan fingerprint density at radius 1 is 1.32 bits per heavy atom. The molecule has 0 amide bonds. The highest BCUT2D eigenvalue weighted by Crippen LogP contribution is 2.19. The van der Waals surface area contributed by atoms with Gasteiger partial charge in [0.2, 0.25) is 0 Å². The van der Waals surface area contributed by atoms with Crippen molar-refractivity contribution in [3.8, 4) is 0 Å². The molecule has 0 radical (unpaired) electrons. The molecule has 4 nitrogen and oxygen atoms in total. The number of nitrogens with one attached hydrogen (secondary N) is 1. The third-order valence-electron chi connectivity index (χ3n) is 3.69. The van der Waals surface area contributed by atoms with Gasteiger partial charge in [0.05, 0.1) is 0 Å². The molecule has 1 N–H and O–H groups in total. The van der Waals surface area contributed by atoms with Crippen molar-refractivity contribution in [3.63, 3.8) is 0 Å². The molecule has 1 aliphatic carbocycles. The standard InChI is InChI=1S/C14H20N4S/c19-14(16-13-3-4-13)18-8-6-17(7-9-18)11-12-2-1-5-15-10-12/h1-2,5,10,13H,3-4,6-9,11H2,(H,16,19). The van der Waals surface area contributed by atoms with Gasteiger partial charge < -0.3 is 10.2 Å². The van der Waals surface area contributed by atoms with Crippen molar-refractivity contribution in [2.24, 2.45) is 0 Å². The Morgan fingerprint density at radius 2 is 2.11 bits per heavy atom. The molecule has 0 spiro atoms. The smallest absolute Gasteiger partial charge is 0.169 e. The maximum atomic E-state index is 5.44. The second-order valence-corrected chi connectivity index (χ2v) is 5.73. The molecular weight excluding hydrogens is 256 g/mol. The summed E-state index contributed by atoms with van der Waals surface area (Å²) >= 11 is 5.44. The van der Waals surface area contributed by atoms with Gasteiger partial charge in [-0.2, -0.15) is 0 Å². The van der Waals surface area contributed by atoms with Crippen LogP contribution in [0.25, 0.3) is 0 Å². The highest BCUT2D eigenvalue weighted by molar-refractivity contribution is 7.80. The molecule has 1 aromatic heterocycles. The van der Waals surface area contributed by atoms with E-state index in [2.05, 4.69) is 26.2 Å². The van der Waals surface area contributed by atoms with Crippen LogP contribution in [0, 0.1) is 0 Å².